The summed E-state index contributed by atoms with van der Waals surface area (Å²) < 4.78 is 4.68. The van der Waals surface area contributed by atoms with E-state index >= 15 is 0 Å². The number of hydrogen-bond donors (Lipinski definition) is 2. The Kier molecular flexibility index (Phi) is 6.39. The lowest BCUT2D eigenvalue weighted by molar-refractivity contribution is -0.114. The van der Waals surface area contributed by atoms with Gasteiger partial charge in [0.25, 0.3) is 0 Å². The van der Waals surface area contributed by atoms with Crippen molar-refractivity contribution in [2.45, 2.75) is 32.7 Å². The van der Waals surface area contributed by atoms with E-state index in [0.29, 0.717) is 11.5 Å². The van der Waals surface area contributed by atoms with Gasteiger partial charge in [-0.25, -0.2) is 14.8 Å². The fourth-order valence-electron chi connectivity index (χ4n) is 2.18. The summed E-state index contributed by atoms with van der Waals surface area (Å²) in [7, 11) is 1.36. The molecule has 1 aromatic carbocycles. The lowest BCUT2D eigenvalue weighted by Gasteiger charge is -2.14. The van der Waals surface area contributed by atoms with Crippen molar-refractivity contribution in [1.82, 2.24) is 15.0 Å². The predicted molar refractivity (Wildman–Crippen MR) is 93.3 cm³/mol. The van der Waals surface area contributed by atoms with Gasteiger partial charge in [-0.1, -0.05) is 12.1 Å². The van der Waals surface area contributed by atoms with Gasteiger partial charge in [0.05, 0.1) is 12.7 Å². The summed E-state index contributed by atoms with van der Waals surface area (Å²) in [6, 6.07) is 7.46. The molecule has 1 amide bonds. The van der Waals surface area contributed by atoms with Crippen LogP contribution in [-0.2, 0) is 16.0 Å². The van der Waals surface area contributed by atoms with Gasteiger partial charge in [-0.05, 0) is 37.5 Å². The highest BCUT2D eigenvalue weighted by molar-refractivity contribution is 5.89. The Morgan fingerprint density at radius 1 is 1.16 bits per heavy atom. The monoisotopic (exact) mass is 343 g/mol. The molecule has 8 nitrogen and oxygen atoms in total. The second-order valence-electron chi connectivity index (χ2n) is 5.59. The van der Waals surface area contributed by atoms with Gasteiger partial charge >= 0.3 is 5.97 Å². The maximum Gasteiger partial charge on any atom is 0.337 e. The van der Waals surface area contributed by atoms with Crippen molar-refractivity contribution in [3.63, 3.8) is 0 Å². The summed E-state index contributed by atoms with van der Waals surface area (Å²) in [6.07, 6.45) is 3.02. The number of ether oxygens (including phenoxy) is 1. The number of aryl methyl sites for hydroxylation is 1. The fraction of sp³-hybridized carbons (Fsp3) is 0.353. The molecule has 132 valence electrons. The Morgan fingerprint density at radius 2 is 1.84 bits per heavy atom. The molecule has 25 heavy (non-hydrogen) atoms. The SMILES string of the molecule is COC(=O)c1ccc(CCC(C)Nc2ncnc(NC(C)=O)n2)cc1. The average Bonchev–Trinajstić information content (AvgIpc) is 2.59. The first-order valence-electron chi connectivity index (χ1n) is 7.88. The van der Waals surface area contributed by atoms with Gasteiger partial charge in [-0.15, -0.1) is 0 Å². The van der Waals surface area contributed by atoms with Crippen molar-refractivity contribution in [2.75, 3.05) is 17.7 Å². The number of rotatable bonds is 7. The molecule has 0 saturated carbocycles. The molecule has 2 rings (SSSR count). The highest BCUT2D eigenvalue weighted by Crippen LogP contribution is 2.11. The van der Waals surface area contributed by atoms with Gasteiger partial charge in [0, 0.05) is 13.0 Å². The van der Waals surface area contributed by atoms with Crippen LogP contribution in [0.4, 0.5) is 11.9 Å². The molecule has 0 spiro atoms. The number of hydrogen-bond acceptors (Lipinski definition) is 7. The summed E-state index contributed by atoms with van der Waals surface area (Å²) in [4.78, 5) is 34.5. The lowest BCUT2D eigenvalue weighted by atomic mass is 10.0. The van der Waals surface area contributed by atoms with Crippen molar-refractivity contribution in [1.29, 1.82) is 0 Å². The second kappa shape index (κ2) is 8.72. The van der Waals surface area contributed by atoms with Gasteiger partial charge in [-0.2, -0.15) is 4.98 Å². The number of aromatic nitrogens is 3. The number of benzene rings is 1. The summed E-state index contributed by atoms with van der Waals surface area (Å²) >= 11 is 0. The van der Waals surface area contributed by atoms with Crippen LogP contribution >= 0.6 is 0 Å². The van der Waals surface area contributed by atoms with Gasteiger partial charge in [0.1, 0.15) is 6.33 Å². The van der Waals surface area contributed by atoms with E-state index in [4.69, 9.17) is 0 Å². The topological polar surface area (TPSA) is 106 Å². The van der Waals surface area contributed by atoms with Crippen molar-refractivity contribution in [2.24, 2.45) is 0 Å². The minimum atomic E-state index is -0.341. The normalized spacial score (nSPS) is 11.5. The fourth-order valence-corrected chi connectivity index (χ4v) is 2.18. The number of carbonyl (C=O) groups is 2. The Labute approximate surface area is 146 Å². The highest BCUT2D eigenvalue weighted by atomic mass is 16.5. The number of nitrogens with zero attached hydrogens (tertiary/aromatic N) is 3. The molecular formula is C17H21N5O3. The van der Waals surface area contributed by atoms with Crippen LogP contribution < -0.4 is 10.6 Å². The minimum Gasteiger partial charge on any atom is -0.465 e. The summed E-state index contributed by atoms with van der Waals surface area (Å²) in [5, 5.41) is 5.69. The second-order valence-corrected chi connectivity index (χ2v) is 5.59. The Hall–Kier alpha value is -3.03. The molecule has 8 heteroatoms. The van der Waals surface area contributed by atoms with Crippen LogP contribution in [0.3, 0.4) is 0 Å². The number of carbonyl (C=O) groups excluding carboxylic acids is 2. The van der Waals surface area contributed by atoms with Crippen molar-refractivity contribution in [3.05, 3.63) is 41.7 Å². The van der Waals surface area contributed by atoms with E-state index in [2.05, 4.69) is 30.3 Å². The van der Waals surface area contributed by atoms with Gasteiger partial charge in [0.2, 0.25) is 17.8 Å². The van der Waals surface area contributed by atoms with E-state index in [9.17, 15) is 9.59 Å². The van der Waals surface area contributed by atoms with Crippen molar-refractivity contribution >= 4 is 23.8 Å². The predicted octanol–water partition coefficient (Wildman–Crippen LogP) is 2.05. The van der Waals surface area contributed by atoms with E-state index < -0.39 is 0 Å². The lowest BCUT2D eigenvalue weighted by Crippen LogP contribution is -2.19. The third-order valence-corrected chi connectivity index (χ3v) is 3.48. The highest BCUT2D eigenvalue weighted by Gasteiger charge is 2.08. The first-order chi connectivity index (χ1) is 12.0. The smallest absolute Gasteiger partial charge is 0.337 e. The molecule has 0 radical (unpaired) electrons. The van der Waals surface area contributed by atoms with E-state index in [1.807, 2.05) is 19.1 Å². The number of anilines is 2. The maximum absolute atomic E-state index is 11.4. The van der Waals surface area contributed by atoms with E-state index in [1.165, 1.54) is 20.4 Å². The minimum absolute atomic E-state index is 0.118. The zero-order chi connectivity index (χ0) is 18.2. The average molecular weight is 343 g/mol. The largest absolute Gasteiger partial charge is 0.465 e. The third kappa shape index (κ3) is 5.83. The molecule has 1 unspecified atom stereocenters. The molecule has 0 aliphatic rings. The van der Waals surface area contributed by atoms with Crippen LogP contribution in [0.1, 0.15) is 36.2 Å². The van der Waals surface area contributed by atoms with Gasteiger partial charge in [0.15, 0.2) is 0 Å². The Balaban J connectivity index is 1.87. The van der Waals surface area contributed by atoms with E-state index in [-0.39, 0.29) is 23.9 Å². The molecule has 1 heterocycles. The maximum atomic E-state index is 11.4. The number of nitrogens with one attached hydrogen (secondary N) is 2. The molecule has 0 bridgehead atoms. The molecule has 0 aliphatic heterocycles. The summed E-state index contributed by atoms with van der Waals surface area (Å²) in [5.74, 6) is 0.0508. The molecule has 1 aromatic heterocycles. The summed E-state index contributed by atoms with van der Waals surface area (Å²) in [6.45, 7) is 3.41. The molecule has 2 aromatic rings. The third-order valence-electron chi connectivity index (χ3n) is 3.48. The van der Waals surface area contributed by atoms with E-state index in [0.717, 1.165) is 18.4 Å². The van der Waals surface area contributed by atoms with Crippen molar-refractivity contribution < 1.29 is 14.3 Å². The number of amides is 1. The number of esters is 1. The summed E-state index contributed by atoms with van der Waals surface area (Å²) in [5.41, 5.74) is 1.66. The first kappa shape index (κ1) is 18.3. The standard InChI is InChI=1S/C17H21N5O3/c1-11(20-16-18-10-19-17(22-16)21-12(2)23)4-5-13-6-8-14(9-7-13)15(24)25-3/h6-11H,4-5H2,1-3H3,(H2,18,19,20,21,22,23). The van der Waals surface area contributed by atoms with Crippen LogP contribution in [0.2, 0.25) is 0 Å². The molecule has 0 saturated heterocycles. The van der Waals surface area contributed by atoms with Crippen LogP contribution in [0.25, 0.3) is 0 Å². The molecule has 2 N–H and O–H groups in total. The molecule has 0 fully saturated rings. The zero-order valence-corrected chi connectivity index (χ0v) is 14.4. The van der Waals surface area contributed by atoms with Crippen molar-refractivity contribution in [3.8, 4) is 0 Å². The quantitative estimate of drug-likeness (QED) is 0.741. The van der Waals surface area contributed by atoms with Gasteiger partial charge < -0.3 is 10.1 Å². The number of methoxy groups -OCH3 is 1. The molecular weight excluding hydrogens is 322 g/mol. The molecule has 1 atom stereocenters. The Morgan fingerprint density at radius 3 is 2.48 bits per heavy atom. The van der Waals surface area contributed by atoms with Crippen LogP contribution in [-0.4, -0.2) is 40.0 Å². The Bertz CT molecular complexity index is 733. The van der Waals surface area contributed by atoms with Crippen LogP contribution in [0.15, 0.2) is 30.6 Å². The molecule has 0 aliphatic carbocycles. The van der Waals surface area contributed by atoms with Gasteiger partial charge in [-0.3, -0.25) is 10.1 Å². The zero-order valence-electron chi connectivity index (χ0n) is 14.4. The van der Waals surface area contributed by atoms with E-state index in [1.54, 1.807) is 12.1 Å². The van der Waals surface area contributed by atoms with Crippen LogP contribution in [0, 0.1) is 0 Å². The first-order valence-corrected chi connectivity index (χ1v) is 7.88. The van der Waals surface area contributed by atoms with Crippen LogP contribution in [0.5, 0.6) is 0 Å².